The molecular weight excluding hydrogens is 299 g/mol. The van der Waals surface area contributed by atoms with Crippen molar-refractivity contribution in [2.75, 3.05) is 18.5 Å². The molecule has 1 aromatic heterocycles. The van der Waals surface area contributed by atoms with Gasteiger partial charge < -0.3 is 14.8 Å². The third-order valence-electron chi connectivity index (χ3n) is 4.05. The Kier molecular flexibility index (Phi) is 4.09. The zero-order valence-electron chi connectivity index (χ0n) is 11.4. The van der Waals surface area contributed by atoms with E-state index in [1.165, 1.54) is 0 Å². The summed E-state index contributed by atoms with van der Waals surface area (Å²) in [5.74, 6) is -0.324. The van der Waals surface area contributed by atoms with Gasteiger partial charge in [0.15, 0.2) is 10.9 Å². The van der Waals surface area contributed by atoms with E-state index in [1.807, 2.05) is 13.0 Å². The van der Waals surface area contributed by atoms with Gasteiger partial charge in [-0.2, -0.15) is 0 Å². The lowest BCUT2D eigenvalue weighted by Crippen LogP contribution is -2.39. The number of aryl methyl sites for hydroxylation is 1. The standard InChI is InChI=1S/C14H18Cl2N2O2/c1-9-8-11(15)18-13(16)12(9)17-10-2-4-14(5-3-10)19-6-7-20-14/h8,10,17H,2-7H2,1H3. The number of nitrogens with one attached hydrogen (secondary N) is 1. The predicted molar refractivity (Wildman–Crippen MR) is 79.5 cm³/mol. The van der Waals surface area contributed by atoms with E-state index in [-0.39, 0.29) is 5.79 Å². The van der Waals surface area contributed by atoms with Crippen LogP contribution >= 0.6 is 23.2 Å². The van der Waals surface area contributed by atoms with Crippen LogP contribution in [-0.2, 0) is 9.47 Å². The summed E-state index contributed by atoms with van der Waals surface area (Å²) in [6.07, 6.45) is 3.83. The topological polar surface area (TPSA) is 43.4 Å². The third kappa shape index (κ3) is 2.89. The van der Waals surface area contributed by atoms with E-state index >= 15 is 0 Å². The third-order valence-corrected chi connectivity index (χ3v) is 4.52. The first kappa shape index (κ1) is 14.4. The monoisotopic (exact) mass is 316 g/mol. The molecule has 0 bridgehead atoms. The number of aromatic nitrogens is 1. The van der Waals surface area contributed by atoms with Crippen LogP contribution in [0.25, 0.3) is 0 Å². The van der Waals surface area contributed by atoms with Gasteiger partial charge in [0.2, 0.25) is 0 Å². The van der Waals surface area contributed by atoms with E-state index in [0.717, 1.165) is 36.9 Å². The van der Waals surface area contributed by atoms with E-state index in [2.05, 4.69) is 10.3 Å². The SMILES string of the molecule is Cc1cc(Cl)nc(Cl)c1NC1CCC2(CC1)OCCO2. The molecule has 0 unspecified atom stereocenters. The summed E-state index contributed by atoms with van der Waals surface area (Å²) in [5, 5.41) is 4.35. The number of nitrogens with zero attached hydrogens (tertiary/aromatic N) is 1. The van der Waals surface area contributed by atoms with Crippen molar-refractivity contribution in [3.8, 4) is 0 Å². The van der Waals surface area contributed by atoms with E-state index < -0.39 is 0 Å². The molecule has 0 aromatic carbocycles. The molecule has 0 radical (unpaired) electrons. The van der Waals surface area contributed by atoms with Crippen molar-refractivity contribution >= 4 is 28.9 Å². The molecule has 1 aliphatic carbocycles. The van der Waals surface area contributed by atoms with Crippen LogP contribution in [0.4, 0.5) is 5.69 Å². The van der Waals surface area contributed by atoms with Crippen LogP contribution in [-0.4, -0.2) is 30.0 Å². The number of pyridine rings is 1. The Morgan fingerprint density at radius 3 is 2.50 bits per heavy atom. The molecule has 6 heteroatoms. The maximum Gasteiger partial charge on any atom is 0.168 e. The summed E-state index contributed by atoms with van der Waals surface area (Å²) in [6, 6.07) is 2.19. The molecule has 2 aliphatic rings. The fraction of sp³-hybridized carbons (Fsp3) is 0.643. The van der Waals surface area contributed by atoms with Gasteiger partial charge in [0.05, 0.1) is 18.9 Å². The first-order valence-electron chi connectivity index (χ1n) is 6.95. The minimum absolute atomic E-state index is 0.324. The fourth-order valence-corrected chi connectivity index (χ4v) is 3.55. The average molecular weight is 317 g/mol. The molecule has 20 heavy (non-hydrogen) atoms. The molecule has 0 atom stereocenters. The Bertz CT molecular complexity index is 471. The molecule has 1 saturated carbocycles. The number of hydrogen-bond acceptors (Lipinski definition) is 4. The van der Waals surface area contributed by atoms with Crippen LogP contribution in [0.5, 0.6) is 0 Å². The lowest BCUT2D eigenvalue weighted by Gasteiger charge is -2.36. The summed E-state index contributed by atoms with van der Waals surface area (Å²) in [4.78, 5) is 4.09. The average Bonchev–Trinajstić information content (AvgIpc) is 2.85. The Labute approximate surface area is 128 Å². The zero-order chi connectivity index (χ0) is 14.2. The highest BCUT2D eigenvalue weighted by Gasteiger charge is 2.40. The van der Waals surface area contributed by atoms with Gasteiger partial charge in [-0.1, -0.05) is 23.2 Å². The van der Waals surface area contributed by atoms with Crippen molar-refractivity contribution in [1.82, 2.24) is 4.98 Å². The normalized spacial score (nSPS) is 22.4. The molecule has 3 rings (SSSR count). The van der Waals surface area contributed by atoms with Gasteiger partial charge >= 0.3 is 0 Å². The Morgan fingerprint density at radius 1 is 1.25 bits per heavy atom. The number of anilines is 1. The number of hydrogen-bond donors (Lipinski definition) is 1. The quantitative estimate of drug-likeness (QED) is 0.843. The molecule has 1 spiro atoms. The molecule has 2 heterocycles. The molecule has 2 fully saturated rings. The minimum atomic E-state index is -0.324. The molecule has 1 N–H and O–H groups in total. The smallest absolute Gasteiger partial charge is 0.168 e. The van der Waals surface area contributed by atoms with Crippen LogP contribution in [0.1, 0.15) is 31.2 Å². The van der Waals surface area contributed by atoms with Crippen molar-refractivity contribution in [3.05, 3.63) is 21.9 Å². The van der Waals surface area contributed by atoms with Crippen molar-refractivity contribution < 1.29 is 9.47 Å². The molecule has 1 aromatic rings. The predicted octanol–water partition coefficient (Wildman–Crippen LogP) is 3.79. The van der Waals surface area contributed by atoms with Crippen molar-refractivity contribution in [1.29, 1.82) is 0 Å². The summed E-state index contributed by atoms with van der Waals surface area (Å²) in [6.45, 7) is 3.41. The summed E-state index contributed by atoms with van der Waals surface area (Å²) in [5.41, 5.74) is 1.90. The first-order chi connectivity index (χ1) is 9.58. The van der Waals surface area contributed by atoms with Gasteiger partial charge in [0, 0.05) is 18.9 Å². The van der Waals surface area contributed by atoms with Crippen molar-refractivity contribution in [2.45, 2.75) is 44.4 Å². The summed E-state index contributed by atoms with van der Waals surface area (Å²) in [7, 11) is 0. The first-order valence-corrected chi connectivity index (χ1v) is 7.71. The summed E-state index contributed by atoms with van der Waals surface area (Å²) >= 11 is 12.1. The molecule has 4 nitrogen and oxygen atoms in total. The van der Waals surface area contributed by atoms with E-state index in [1.54, 1.807) is 0 Å². The van der Waals surface area contributed by atoms with Crippen molar-refractivity contribution in [3.63, 3.8) is 0 Å². The van der Waals surface area contributed by atoms with Gasteiger partial charge in [-0.3, -0.25) is 0 Å². The molecule has 1 saturated heterocycles. The highest BCUT2D eigenvalue weighted by atomic mass is 35.5. The molecule has 0 amide bonds. The van der Waals surface area contributed by atoms with Gasteiger partial charge in [-0.15, -0.1) is 0 Å². The van der Waals surface area contributed by atoms with Crippen LogP contribution in [0, 0.1) is 6.92 Å². The second-order valence-corrected chi connectivity index (χ2v) is 6.20. The van der Waals surface area contributed by atoms with E-state index in [9.17, 15) is 0 Å². The lowest BCUT2D eigenvalue weighted by molar-refractivity contribution is -0.177. The van der Waals surface area contributed by atoms with Gasteiger partial charge in [-0.05, 0) is 31.4 Å². The van der Waals surface area contributed by atoms with Crippen LogP contribution in [0.15, 0.2) is 6.07 Å². The lowest BCUT2D eigenvalue weighted by atomic mass is 9.90. The number of ether oxygens (including phenoxy) is 2. The number of halogens is 2. The van der Waals surface area contributed by atoms with E-state index in [0.29, 0.717) is 29.6 Å². The van der Waals surface area contributed by atoms with E-state index in [4.69, 9.17) is 32.7 Å². The van der Waals surface area contributed by atoms with Crippen LogP contribution in [0.3, 0.4) is 0 Å². The molecule has 110 valence electrons. The maximum atomic E-state index is 6.17. The largest absolute Gasteiger partial charge is 0.380 e. The van der Waals surface area contributed by atoms with Gasteiger partial charge in [0.1, 0.15) is 5.15 Å². The van der Waals surface area contributed by atoms with Crippen molar-refractivity contribution in [2.24, 2.45) is 0 Å². The zero-order valence-corrected chi connectivity index (χ0v) is 12.9. The fourth-order valence-electron chi connectivity index (χ4n) is 2.96. The summed E-state index contributed by atoms with van der Waals surface area (Å²) < 4.78 is 11.5. The minimum Gasteiger partial charge on any atom is -0.380 e. The highest BCUT2D eigenvalue weighted by molar-refractivity contribution is 6.34. The maximum absolute atomic E-state index is 6.17. The second-order valence-electron chi connectivity index (χ2n) is 5.45. The van der Waals surface area contributed by atoms with Crippen LogP contribution in [0.2, 0.25) is 10.3 Å². The Balaban J connectivity index is 1.65. The Morgan fingerprint density at radius 2 is 1.90 bits per heavy atom. The number of rotatable bonds is 2. The Hall–Kier alpha value is -0.550. The molecular formula is C14H18Cl2N2O2. The second kappa shape index (κ2) is 5.68. The highest BCUT2D eigenvalue weighted by Crippen LogP contribution is 2.37. The van der Waals surface area contributed by atoms with Crippen LogP contribution < -0.4 is 5.32 Å². The molecule has 1 aliphatic heterocycles. The van der Waals surface area contributed by atoms with Gasteiger partial charge in [-0.25, -0.2) is 4.98 Å². The van der Waals surface area contributed by atoms with Gasteiger partial charge in [0.25, 0.3) is 0 Å².